The molecule has 130 valence electrons. The number of benzene rings is 1. The largest absolute Gasteiger partial charge is 0.326 e. The second kappa shape index (κ2) is 6.52. The van der Waals surface area contributed by atoms with Gasteiger partial charge in [-0.1, -0.05) is 18.2 Å². The smallest absolute Gasteiger partial charge is 0.243 e. The van der Waals surface area contributed by atoms with E-state index >= 15 is 0 Å². The number of hydrogen-bond donors (Lipinski definition) is 0. The van der Waals surface area contributed by atoms with Crippen LogP contribution in [0.3, 0.4) is 0 Å². The predicted molar refractivity (Wildman–Crippen MR) is 87.3 cm³/mol. The summed E-state index contributed by atoms with van der Waals surface area (Å²) in [5, 5.41) is 0. The molecule has 2 aliphatic heterocycles. The monoisotopic (exact) mass is 351 g/mol. The summed E-state index contributed by atoms with van der Waals surface area (Å²) in [7, 11) is -1.93. The van der Waals surface area contributed by atoms with E-state index in [-0.39, 0.29) is 36.5 Å². The highest BCUT2D eigenvalue weighted by Crippen LogP contribution is 2.25. The summed E-state index contributed by atoms with van der Waals surface area (Å²) in [6, 6.07) is 8.27. The topological polar surface area (TPSA) is 78.0 Å². The summed E-state index contributed by atoms with van der Waals surface area (Å²) in [4.78, 5) is 27.5. The van der Waals surface area contributed by atoms with Crippen molar-refractivity contribution in [1.82, 2.24) is 14.1 Å². The first-order chi connectivity index (χ1) is 11.4. The van der Waals surface area contributed by atoms with Crippen molar-refractivity contribution in [3.8, 4) is 0 Å². The van der Waals surface area contributed by atoms with Gasteiger partial charge < -0.3 is 9.80 Å². The number of rotatable bonds is 3. The summed E-state index contributed by atoms with van der Waals surface area (Å²) < 4.78 is 26.8. The van der Waals surface area contributed by atoms with Crippen LogP contribution in [0.15, 0.2) is 35.2 Å². The molecule has 0 spiro atoms. The van der Waals surface area contributed by atoms with Crippen LogP contribution in [0, 0.1) is 5.92 Å². The van der Waals surface area contributed by atoms with Crippen molar-refractivity contribution in [2.75, 3.05) is 33.4 Å². The predicted octanol–water partition coefficient (Wildman–Crippen LogP) is 0.345. The van der Waals surface area contributed by atoms with Crippen LogP contribution in [0.2, 0.25) is 0 Å². The van der Waals surface area contributed by atoms with Gasteiger partial charge in [0.25, 0.3) is 0 Å². The highest BCUT2D eigenvalue weighted by molar-refractivity contribution is 7.89. The number of sulfonamides is 1. The normalized spacial score (nSPS) is 22.9. The molecule has 8 heteroatoms. The third kappa shape index (κ3) is 3.16. The van der Waals surface area contributed by atoms with Crippen molar-refractivity contribution in [1.29, 1.82) is 0 Å². The van der Waals surface area contributed by atoms with Crippen LogP contribution in [0.4, 0.5) is 0 Å². The number of carbonyl (C=O) groups is 2. The van der Waals surface area contributed by atoms with Gasteiger partial charge in [-0.05, 0) is 25.0 Å². The Balaban J connectivity index is 1.73. The van der Waals surface area contributed by atoms with Crippen LogP contribution >= 0.6 is 0 Å². The number of hydrogen-bond acceptors (Lipinski definition) is 4. The Morgan fingerprint density at radius 3 is 2.54 bits per heavy atom. The van der Waals surface area contributed by atoms with Gasteiger partial charge in [-0.3, -0.25) is 9.59 Å². The third-order valence-electron chi connectivity index (χ3n) is 4.56. The zero-order chi connectivity index (χ0) is 17.3. The maximum Gasteiger partial charge on any atom is 0.243 e. The van der Waals surface area contributed by atoms with E-state index in [1.54, 1.807) is 37.4 Å². The molecule has 24 heavy (non-hydrogen) atoms. The van der Waals surface area contributed by atoms with Crippen molar-refractivity contribution >= 4 is 21.8 Å². The first-order valence-electron chi connectivity index (χ1n) is 7.97. The molecule has 2 aliphatic rings. The molecular weight excluding hydrogens is 330 g/mol. The fourth-order valence-corrected chi connectivity index (χ4v) is 4.72. The molecule has 0 radical (unpaired) electrons. The lowest BCUT2D eigenvalue weighted by Crippen LogP contribution is -2.46. The molecule has 1 atom stereocenters. The van der Waals surface area contributed by atoms with Gasteiger partial charge in [0.2, 0.25) is 21.8 Å². The summed E-state index contributed by atoms with van der Waals surface area (Å²) in [5.41, 5.74) is 0. The van der Waals surface area contributed by atoms with Crippen LogP contribution < -0.4 is 0 Å². The van der Waals surface area contributed by atoms with Crippen molar-refractivity contribution < 1.29 is 18.0 Å². The Hall–Kier alpha value is -1.93. The third-order valence-corrected chi connectivity index (χ3v) is 6.44. The van der Waals surface area contributed by atoms with Gasteiger partial charge in [0.05, 0.1) is 17.5 Å². The maximum atomic E-state index is 12.7. The molecule has 2 saturated heterocycles. The Bertz CT molecular complexity index is 735. The average Bonchev–Trinajstić information content (AvgIpc) is 2.94. The Labute approximate surface area is 141 Å². The Morgan fingerprint density at radius 2 is 1.92 bits per heavy atom. The fourth-order valence-electron chi connectivity index (χ4n) is 3.18. The summed E-state index contributed by atoms with van der Waals surface area (Å²) in [6.45, 7) is 0.946. The van der Waals surface area contributed by atoms with Crippen LogP contribution in [-0.2, 0) is 19.6 Å². The molecule has 0 bridgehead atoms. The lowest BCUT2D eigenvalue weighted by molar-refractivity contribution is -0.136. The molecule has 2 fully saturated rings. The zero-order valence-electron chi connectivity index (χ0n) is 13.6. The van der Waals surface area contributed by atoms with Crippen molar-refractivity contribution in [2.24, 2.45) is 5.92 Å². The SMILES string of the molecule is CN1CN(C(=O)C2CCCN(S(=O)(=O)c3ccccc3)C2)CC1=O. The van der Waals surface area contributed by atoms with Crippen LogP contribution in [0.25, 0.3) is 0 Å². The molecule has 2 heterocycles. The Kier molecular flexibility index (Phi) is 4.60. The van der Waals surface area contributed by atoms with E-state index in [4.69, 9.17) is 0 Å². The van der Waals surface area contributed by atoms with Gasteiger partial charge in [-0.25, -0.2) is 8.42 Å². The molecule has 0 saturated carbocycles. The van der Waals surface area contributed by atoms with Crippen molar-refractivity contribution in [2.45, 2.75) is 17.7 Å². The van der Waals surface area contributed by atoms with E-state index in [9.17, 15) is 18.0 Å². The van der Waals surface area contributed by atoms with E-state index in [1.165, 1.54) is 14.1 Å². The minimum absolute atomic E-state index is 0.0806. The van der Waals surface area contributed by atoms with Crippen molar-refractivity contribution in [3.63, 3.8) is 0 Å². The maximum absolute atomic E-state index is 12.7. The van der Waals surface area contributed by atoms with E-state index in [1.807, 2.05) is 0 Å². The second-order valence-corrected chi connectivity index (χ2v) is 8.22. The minimum Gasteiger partial charge on any atom is -0.326 e. The minimum atomic E-state index is -3.59. The quantitative estimate of drug-likeness (QED) is 0.787. The van der Waals surface area contributed by atoms with Gasteiger partial charge >= 0.3 is 0 Å². The van der Waals surface area contributed by atoms with Crippen LogP contribution in [0.1, 0.15) is 12.8 Å². The zero-order valence-corrected chi connectivity index (χ0v) is 14.4. The molecule has 2 amide bonds. The van der Waals surface area contributed by atoms with Gasteiger partial charge in [0.15, 0.2) is 0 Å². The van der Waals surface area contributed by atoms with Crippen molar-refractivity contribution in [3.05, 3.63) is 30.3 Å². The highest BCUT2D eigenvalue weighted by atomic mass is 32.2. The van der Waals surface area contributed by atoms with Gasteiger partial charge in [0.1, 0.15) is 6.54 Å². The van der Waals surface area contributed by atoms with Gasteiger partial charge in [-0.2, -0.15) is 4.31 Å². The summed E-state index contributed by atoms with van der Waals surface area (Å²) >= 11 is 0. The van der Waals surface area contributed by atoms with E-state index in [2.05, 4.69) is 0 Å². The molecule has 0 N–H and O–H groups in total. The average molecular weight is 351 g/mol. The first kappa shape index (κ1) is 16.9. The second-order valence-electron chi connectivity index (χ2n) is 6.28. The standard InChI is InChI=1S/C16H21N3O4S/c1-17-12-18(11-15(17)20)16(21)13-6-5-9-19(10-13)24(22,23)14-7-3-2-4-8-14/h2-4,7-8,13H,5-6,9-12H2,1H3. The molecule has 1 unspecified atom stereocenters. The molecule has 1 aromatic carbocycles. The van der Waals surface area contributed by atoms with E-state index in [0.717, 1.165) is 0 Å². The molecular formula is C16H21N3O4S. The molecule has 1 aromatic rings. The summed E-state index contributed by atoms with van der Waals surface area (Å²) in [5.74, 6) is -0.620. The lowest BCUT2D eigenvalue weighted by Gasteiger charge is -2.32. The fraction of sp³-hybridized carbons (Fsp3) is 0.500. The highest BCUT2D eigenvalue weighted by Gasteiger charge is 2.37. The number of nitrogens with zero attached hydrogens (tertiary/aromatic N) is 3. The number of amides is 2. The molecule has 3 rings (SSSR count). The lowest BCUT2D eigenvalue weighted by atomic mass is 9.98. The van der Waals surface area contributed by atoms with Gasteiger partial charge in [0, 0.05) is 20.1 Å². The summed E-state index contributed by atoms with van der Waals surface area (Å²) in [6.07, 6.45) is 1.29. The number of carbonyl (C=O) groups excluding carboxylic acids is 2. The van der Waals surface area contributed by atoms with Crippen LogP contribution in [-0.4, -0.2) is 67.7 Å². The van der Waals surface area contributed by atoms with E-state index in [0.29, 0.717) is 19.4 Å². The number of likely N-dealkylation sites (N-methyl/N-ethyl adjacent to an activating group) is 1. The van der Waals surface area contributed by atoms with Gasteiger partial charge in [-0.15, -0.1) is 0 Å². The van der Waals surface area contributed by atoms with E-state index < -0.39 is 15.9 Å². The van der Waals surface area contributed by atoms with Crippen LogP contribution in [0.5, 0.6) is 0 Å². The Morgan fingerprint density at radius 1 is 1.21 bits per heavy atom. The molecule has 7 nitrogen and oxygen atoms in total. The first-order valence-corrected chi connectivity index (χ1v) is 9.41. The molecule has 0 aromatic heterocycles. The molecule has 0 aliphatic carbocycles. The number of piperidine rings is 1.